The Bertz CT molecular complexity index is 447. The first-order valence-corrected chi connectivity index (χ1v) is 6.58. The van der Waals surface area contributed by atoms with Gasteiger partial charge in [-0.2, -0.15) is 0 Å². The Kier molecular flexibility index (Phi) is 5.54. The van der Waals surface area contributed by atoms with Crippen molar-refractivity contribution in [1.29, 1.82) is 0 Å². The molecule has 0 aliphatic heterocycles. The van der Waals surface area contributed by atoms with E-state index in [2.05, 4.69) is 20.6 Å². The molecule has 6 nitrogen and oxygen atoms in total. The highest BCUT2D eigenvalue weighted by Gasteiger charge is 2.08. The van der Waals surface area contributed by atoms with Crippen molar-refractivity contribution in [2.75, 3.05) is 17.6 Å². The fraction of sp³-hybridized carbons (Fsp3) is 0.615. The standard InChI is InChI=1S/C13H23N5O/c1-5-8(2)16-11(19)6-7-15-13-9(3)12(14)17-10(4)18-13/h8H,5-7H2,1-4H3,(H,16,19)(H3,14,15,17,18). The highest BCUT2D eigenvalue weighted by Crippen LogP contribution is 2.16. The summed E-state index contributed by atoms with van der Waals surface area (Å²) in [5.74, 6) is 1.83. The van der Waals surface area contributed by atoms with Gasteiger partial charge in [-0.1, -0.05) is 6.92 Å². The molecule has 1 aromatic rings. The van der Waals surface area contributed by atoms with Crippen LogP contribution in [0.25, 0.3) is 0 Å². The molecule has 1 aromatic heterocycles. The highest BCUT2D eigenvalue weighted by molar-refractivity contribution is 5.76. The third-order valence-corrected chi connectivity index (χ3v) is 2.96. The Morgan fingerprint density at radius 2 is 2.05 bits per heavy atom. The van der Waals surface area contributed by atoms with Gasteiger partial charge < -0.3 is 16.4 Å². The van der Waals surface area contributed by atoms with Gasteiger partial charge in [-0.3, -0.25) is 4.79 Å². The zero-order valence-electron chi connectivity index (χ0n) is 12.1. The number of aryl methyl sites for hydroxylation is 1. The second-order valence-corrected chi connectivity index (χ2v) is 4.68. The second kappa shape index (κ2) is 6.92. The molecule has 1 atom stereocenters. The molecule has 19 heavy (non-hydrogen) atoms. The lowest BCUT2D eigenvalue weighted by Crippen LogP contribution is -2.33. The number of anilines is 2. The quantitative estimate of drug-likeness (QED) is 0.723. The fourth-order valence-electron chi connectivity index (χ4n) is 1.57. The van der Waals surface area contributed by atoms with Crippen molar-refractivity contribution in [2.24, 2.45) is 0 Å². The van der Waals surface area contributed by atoms with E-state index in [-0.39, 0.29) is 11.9 Å². The molecular formula is C13H23N5O. The van der Waals surface area contributed by atoms with Crippen LogP contribution in [0, 0.1) is 13.8 Å². The largest absolute Gasteiger partial charge is 0.383 e. The first kappa shape index (κ1) is 15.2. The molecule has 1 unspecified atom stereocenters. The van der Waals surface area contributed by atoms with E-state index in [0.717, 1.165) is 12.0 Å². The summed E-state index contributed by atoms with van der Waals surface area (Å²) in [4.78, 5) is 20.0. The van der Waals surface area contributed by atoms with Gasteiger partial charge in [-0.05, 0) is 27.2 Å². The smallest absolute Gasteiger partial charge is 0.221 e. The predicted octanol–water partition coefficient (Wildman–Crippen LogP) is 1.39. The minimum absolute atomic E-state index is 0.0400. The van der Waals surface area contributed by atoms with E-state index in [1.165, 1.54) is 0 Å². The van der Waals surface area contributed by atoms with Gasteiger partial charge in [0.05, 0.1) is 0 Å². The first-order valence-electron chi connectivity index (χ1n) is 6.58. The van der Waals surface area contributed by atoms with Gasteiger partial charge >= 0.3 is 0 Å². The summed E-state index contributed by atoms with van der Waals surface area (Å²) in [7, 11) is 0. The molecule has 1 heterocycles. The van der Waals surface area contributed by atoms with Crippen LogP contribution in [0.5, 0.6) is 0 Å². The second-order valence-electron chi connectivity index (χ2n) is 4.68. The third-order valence-electron chi connectivity index (χ3n) is 2.96. The SMILES string of the molecule is CCC(C)NC(=O)CCNc1nc(C)nc(N)c1C. The molecule has 6 heteroatoms. The Morgan fingerprint density at radius 3 is 2.68 bits per heavy atom. The molecule has 4 N–H and O–H groups in total. The van der Waals surface area contributed by atoms with Gasteiger partial charge in [0.1, 0.15) is 17.5 Å². The maximum atomic E-state index is 11.6. The number of carbonyl (C=O) groups excluding carboxylic acids is 1. The van der Waals surface area contributed by atoms with Crippen LogP contribution in [0.1, 0.15) is 38.1 Å². The number of nitrogen functional groups attached to an aromatic ring is 1. The zero-order valence-corrected chi connectivity index (χ0v) is 12.1. The summed E-state index contributed by atoms with van der Waals surface area (Å²) >= 11 is 0. The minimum atomic E-state index is 0.0400. The van der Waals surface area contributed by atoms with Gasteiger partial charge in [0.25, 0.3) is 0 Å². The normalized spacial score (nSPS) is 12.0. The highest BCUT2D eigenvalue weighted by atomic mass is 16.1. The van der Waals surface area contributed by atoms with Crippen molar-refractivity contribution in [1.82, 2.24) is 15.3 Å². The summed E-state index contributed by atoms with van der Waals surface area (Å²) in [5.41, 5.74) is 6.58. The first-order chi connectivity index (χ1) is 8.93. The van der Waals surface area contributed by atoms with Crippen molar-refractivity contribution in [3.63, 3.8) is 0 Å². The van der Waals surface area contributed by atoms with E-state index < -0.39 is 0 Å². The summed E-state index contributed by atoms with van der Waals surface area (Å²) in [5, 5.41) is 6.04. The number of aromatic nitrogens is 2. The Labute approximate surface area is 114 Å². The van der Waals surface area contributed by atoms with Crippen molar-refractivity contribution in [3.05, 3.63) is 11.4 Å². The maximum absolute atomic E-state index is 11.6. The third kappa shape index (κ3) is 4.73. The number of rotatable bonds is 6. The molecule has 0 radical (unpaired) electrons. The molecule has 1 rings (SSSR count). The molecule has 106 valence electrons. The van der Waals surface area contributed by atoms with Crippen molar-refractivity contribution >= 4 is 17.5 Å². The average Bonchev–Trinajstić information content (AvgIpc) is 2.34. The van der Waals surface area contributed by atoms with Crippen LogP contribution >= 0.6 is 0 Å². The van der Waals surface area contributed by atoms with Crippen LogP contribution in [0.3, 0.4) is 0 Å². The average molecular weight is 265 g/mol. The minimum Gasteiger partial charge on any atom is -0.383 e. The van der Waals surface area contributed by atoms with Crippen LogP contribution in [0.4, 0.5) is 11.6 Å². The number of carbonyl (C=O) groups is 1. The molecular weight excluding hydrogens is 242 g/mol. The van der Waals surface area contributed by atoms with Gasteiger partial charge in [-0.25, -0.2) is 9.97 Å². The Morgan fingerprint density at radius 1 is 1.37 bits per heavy atom. The summed E-state index contributed by atoms with van der Waals surface area (Å²) < 4.78 is 0. The monoisotopic (exact) mass is 265 g/mol. The van der Waals surface area contributed by atoms with Crippen LogP contribution in [0.2, 0.25) is 0 Å². The maximum Gasteiger partial charge on any atom is 0.221 e. The van der Waals surface area contributed by atoms with Crippen LogP contribution < -0.4 is 16.4 Å². The molecule has 0 aliphatic rings. The van der Waals surface area contributed by atoms with E-state index in [1.807, 2.05) is 20.8 Å². The summed E-state index contributed by atoms with van der Waals surface area (Å²) in [6.07, 6.45) is 1.34. The molecule has 1 amide bonds. The summed E-state index contributed by atoms with van der Waals surface area (Å²) in [6, 6.07) is 0.214. The molecule has 0 saturated heterocycles. The number of amides is 1. The molecule has 0 spiro atoms. The lowest BCUT2D eigenvalue weighted by Gasteiger charge is -2.13. The lowest BCUT2D eigenvalue weighted by atomic mass is 10.2. The topological polar surface area (TPSA) is 92.9 Å². The molecule has 0 fully saturated rings. The number of hydrogen-bond donors (Lipinski definition) is 3. The van der Waals surface area contributed by atoms with Crippen molar-refractivity contribution in [2.45, 2.75) is 46.6 Å². The number of nitrogens with two attached hydrogens (primary N) is 1. The number of hydrogen-bond acceptors (Lipinski definition) is 5. The van der Waals surface area contributed by atoms with Gasteiger partial charge in [0.2, 0.25) is 5.91 Å². The van der Waals surface area contributed by atoms with Crippen molar-refractivity contribution < 1.29 is 4.79 Å². The van der Waals surface area contributed by atoms with Crippen LogP contribution in [-0.4, -0.2) is 28.5 Å². The fourth-order valence-corrected chi connectivity index (χ4v) is 1.57. The lowest BCUT2D eigenvalue weighted by molar-refractivity contribution is -0.121. The van der Waals surface area contributed by atoms with E-state index >= 15 is 0 Å². The van der Waals surface area contributed by atoms with Crippen LogP contribution in [-0.2, 0) is 4.79 Å². The molecule has 0 saturated carbocycles. The van der Waals surface area contributed by atoms with Crippen molar-refractivity contribution in [3.8, 4) is 0 Å². The Hall–Kier alpha value is -1.85. The van der Waals surface area contributed by atoms with E-state index in [4.69, 9.17) is 5.73 Å². The Balaban J connectivity index is 2.47. The van der Waals surface area contributed by atoms with E-state index in [1.54, 1.807) is 6.92 Å². The predicted molar refractivity (Wildman–Crippen MR) is 76.9 cm³/mol. The summed E-state index contributed by atoms with van der Waals surface area (Å²) in [6.45, 7) is 8.20. The van der Waals surface area contributed by atoms with E-state index in [0.29, 0.717) is 30.4 Å². The van der Waals surface area contributed by atoms with Gasteiger partial charge in [-0.15, -0.1) is 0 Å². The molecule has 0 bridgehead atoms. The number of nitrogens with one attached hydrogen (secondary N) is 2. The van der Waals surface area contributed by atoms with E-state index in [9.17, 15) is 4.79 Å². The van der Waals surface area contributed by atoms with Gasteiger partial charge in [0.15, 0.2) is 0 Å². The molecule has 0 aromatic carbocycles. The zero-order chi connectivity index (χ0) is 14.4. The number of nitrogens with zero attached hydrogens (tertiary/aromatic N) is 2. The van der Waals surface area contributed by atoms with Gasteiger partial charge in [0, 0.05) is 24.6 Å². The molecule has 0 aliphatic carbocycles. The van der Waals surface area contributed by atoms with Crippen LogP contribution in [0.15, 0.2) is 0 Å².